The van der Waals surface area contributed by atoms with Crippen molar-refractivity contribution in [1.29, 1.82) is 0 Å². The van der Waals surface area contributed by atoms with Gasteiger partial charge in [-0.2, -0.15) is 0 Å². The maximum Gasteiger partial charge on any atom is 0.209 e. The fraction of sp³-hybridized carbons (Fsp3) is 0.455. The predicted molar refractivity (Wildman–Crippen MR) is 65.4 cm³/mol. The highest BCUT2D eigenvalue weighted by atomic mass is 35.5. The van der Waals surface area contributed by atoms with E-state index < -0.39 is 5.79 Å². The molecule has 0 saturated carbocycles. The van der Waals surface area contributed by atoms with Gasteiger partial charge in [-0.3, -0.25) is 0 Å². The Morgan fingerprint density at radius 2 is 1.94 bits per heavy atom. The van der Waals surface area contributed by atoms with Gasteiger partial charge in [-0.15, -0.1) is 23.2 Å². The van der Waals surface area contributed by atoms with Gasteiger partial charge in [-0.25, -0.2) is 0 Å². The molecule has 2 rings (SSSR count). The summed E-state index contributed by atoms with van der Waals surface area (Å²) in [5.74, 6) is -0.264. The lowest BCUT2D eigenvalue weighted by atomic mass is 10.1. The van der Waals surface area contributed by atoms with Gasteiger partial charge < -0.3 is 9.47 Å². The first kappa shape index (κ1) is 12.5. The van der Waals surface area contributed by atoms with E-state index in [-0.39, 0.29) is 12.0 Å². The number of halogens is 3. The summed E-state index contributed by atoms with van der Waals surface area (Å²) in [6.07, 6.45) is -0.115. The second-order valence-electron chi connectivity index (χ2n) is 3.60. The van der Waals surface area contributed by atoms with Crippen molar-refractivity contribution in [2.45, 2.75) is 11.9 Å². The molecule has 1 heterocycles. The molecule has 0 amide bonds. The summed E-state index contributed by atoms with van der Waals surface area (Å²) in [7, 11) is 0. The number of hydrogen-bond acceptors (Lipinski definition) is 2. The van der Waals surface area contributed by atoms with Gasteiger partial charge in [0, 0.05) is 10.6 Å². The van der Waals surface area contributed by atoms with Crippen molar-refractivity contribution in [2.75, 3.05) is 18.4 Å². The number of alkyl halides is 2. The fourth-order valence-electron chi connectivity index (χ4n) is 1.64. The van der Waals surface area contributed by atoms with Crippen LogP contribution in [-0.2, 0) is 15.3 Å². The van der Waals surface area contributed by atoms with E-state index in [0.29, 0.717) is 17.5 Å². The van der Waals surface area contributed by atoms with Gasteiger partial charge in [0.25, 0.3) is 0 Å². The second-order valence-corrected chi connectivity index (χ2v) is 4.61. The standard InChI is InChI=1S/C11H11Cl3O2/c12-5-10-6-15-11(7-13,16-10)8-1-3-9(14)4-2-8/h1-4,10H,5-7H2/t10-,11?/m1/s1. The monoisotopic (exact) mass is 280 g/mol. The van der Waals surface area contributed by atoms with Crippen molar-refractivity contribution >= 4 is 34.8 Å². The quantitative estimate of drug-likeness (QED) is 0.791. The lowest BCUT2D eigenvalue weighted by Crippen LogP contribution is -2.30. The van der Waals surface area contributed by atoms with Crippen LogP contribution in [0.2, 0.25) is 5.02 Å². The average molecular weight is 282 g/mol. The van der Waals surface area contributed by atoms with E-state index in [1.165, 1.54) is 0 Å². The van der Waals surface area contributed by atoms with E-state index in [9.17, 15) is 0 Å². The third-order valence-electron chi connectivity index (χ3n) is 2.49. The molecule has 1 aliphatic rings. The fourth-order valence-corrected chi connectivity index (χ4v) is 2.22. The third kappa shape index (κ3) is 2.31. The Kier molecular flexibility index (Phi) is 3.98. The molecule has 1 saturated heterocycles. The molecule has 2 nitrogen and oxygen atoms in total. The maximum absolute atomic E-state index is 5.94. The Balaban J connectivity index is 2.25. The van der Waals surface area contributed by atoms with Gasteiger partial charge in [0.15, 0.2) is 0 Å². The summed E-state index contributed by atoms with van der Waals surface area (Å²) < 4.78 is 11.4. The predicted octanol–water partition coefficient (Wildman–Crippen LogP) is 3.39. The Morgan fingerprint density at radius 3 is 2.44 bits per heavy atom. The van der Waals surface area contributed by atoms with Gasteiger partial charge >= 0.3 is 0 Å². The number of benzene rings is 1. The van der Waals surface area contributed by atoms with Gasteiger partial charge in [0.1, 0.15) is 0 Å². The highest BCUT2D eigenvalue weighted by Crippen LogP contribution is 2.36. The summed E-state index contributed by atoms with van der Waals surface area (Å²) >= 11 is 17.5. The molecule has 1 unspecified atom stereocenters. The van der Waals surface area contributed by atoms with E-state index in [0.717, 1.165) is 5.56 Å². The van der Waals surface area contributed by atoms with Crippen LogP contribution >= 0.6 is 34.8 Å². The smallest absolute Gasteiger partial charge is 0.209 e. The number of rotatable bonds is 3. The van der Waals surface area contributed by atoms with Crippen molar-refractivity contribution in [1.82, 2.24) is 0 Å². The zero-order valence-electron chi connectivity index (χ0n) is 8.46. The molecule has 0 N–H and O–H groups in total. The first-order valence-corrected chi connectivity index (χ1v) is 6.34. The molecule has 1 aliphatic heterocycles. The SMILES string of the molecule is ClC[C@@H]1COC(CCl)(c2ccc(Cl)cc2)O1. The van der Waals surface area contributed by atoms with Crippen molar-refractivity contribution < 1.29 is 9.47 Å². The zero-order valence-corrected chi connectivity index (χ0v) is 10.7. The largest absolute Gasteiger partial charge is 0.342 e. The summed E-state index contributed by atoms with van der Waals surface area (Å²) in [6, 6.07) is 7.26. The summed E-state index contributed by atoms with van der Waals surface area (Å²) in [5, 5.41) is 0.667. The Bertz CT molecular complexity index is 355. The molecule has 2 atom stereocenters. The minimum absolute atomic E-state index is 0.115. The maximum atomic E-state index is 5.94. The van der Waals surface area contributed by atoms with E-state index in [4.69, 9.17) is 44.3 Å². The van der Waals surface area contributed by atoms with Crippen LogP contribution in [0.25, 0.3) is 0 Å². The van der Waals surface area contributed by atoms with E-state index >= 15 is 0 Å². The molecule has 1 fully saturated rings. The minimum Gasteiger partial charge on any atom is -0.342 e. The first-order chi connectivity index (χ1) is 7.70. The molecule has 0 radical (unpaired) electrons. The summed E-state index contributed by atoms with van der Waals surface area (Å²) in [5.41, 5.74) is 0.861. The van der Waals surface area contributed by atoms with E-state index in [1.54, 1.807) is 12.1 Å². The molecule has 1 aromatic carbocycles. The van der Waals surface area contributed by atoms with Crippen LogP contribution in [0.15, 0.2) is 24.3 Å². The van der Waals surface area contributed by atoms with Crippen LogP contribution in [-0.4, -0.2) is 24.5 Å². The second kappa shape index (κ2) is 5.11. The lowest BCUT2D eigenvalue weighted by molar-refractivity contribution is -0.156. The van der Waals surface area contributed by atoms with Crippen LogP contribution in [0, 0.1) is 0 Å². The summed E-state index contributed by atoms with van der Waals surface area (Å²) in [6.45, 7) is 0.457. The zero-order chi connectivity index (χ0) is 11.6. The van der Waals surface area contributed by atoms with Gasteiger partial charge in [-0.05, 0) is 12.1 Å². The molecule has 0 aliphatic carbocycles. The van der Waals surface area contributed by atoms with E-state index in [1.807, 2.05) is 12.1 Å². The van der Waals surface area contributed by atoms with Gasteiger partial charge in [-0.1, -0.05) is 23.7 Å². The van der Waals surface area contributed by atoms with Crippen molar-refractivity contribution in [3.8, 4) is 0 Å². The molecule has 88 valence electrons. The molecule has 0 spiro atoms. The molecule has 0 bridgehead atoms. The van der Waals surface area contributed by atoms with Crippen molar-refractivity contribution in [3.63, 3.8) is 0 Å². The molecule has 5 heteroatoms. The van der Waals surface area contributed by atoms with Crippen molar-refractivity contribution in [3.05, 3.63) is 34.9 Å². The van der Waals surface area contributed by atoms with Crippen molar-refractivity contribution in [2.24, 2.45) is 0 Å². The van der Waals surface area contributed by atoms with Crippen LogP contribution in [0.5, 0.6) is 0 Å². The Hall–Kier alpha value is 0.01000. The van der Waals surface area contributed by atoms with Crippen LogP contribution in [0.1, 0.15) is 5.56 Å². The molecular weight excluding hydrogens is 270 g/mol. The highest BCUT2D eigenvalue weighted by Gasteiger charge is 2.42. The number of ether oxygens (including phenoxy) is 2. The molecule has 0 aromatic heterocycles. The Labute approximate surface area is 109 Å². The minimum atomic E-state index is -0.883. The number of hydrogen-bond donors (Lipinski definition) is 0. The Morgan fingerprint density at radius 1 is 1.25 bits per heavy atom. The lowest BCUT2D eigenvalue weighted by Gasteiger charge is -2.26. The molecular formula is C11H11Cl3O2. The topological polar surface area (TPSA) is 18.5 Å². The molecule has 1 aromatic rings. The third-order valence-corrected chi connectivity index (χ3v) is 3.44. The van der Waals surface area contributed by atoms with Crippen LogP contribution < -0.4 is 0 Å². The van der Waals surface area contributed by atoms with Gasteiger partial charge in [0.05, 0.1) is 24.5 Å². The molecule has 16 heavy (non-hydrogen) atoms. The van der Waals surface area contributed by atoms with Crippen LogP contribution in [0.3, 0.4) is 0 Å². The highest BCUT2D eigenvalue weighted by molar-refractivity contribution is 6.30. The normalized spacial score (nSPS) is 29.6. The average Bonchev–Trinajstić information content (AvgIpc) is 2.75. The van der Waals surface area contributed by atoms with Crippen LogP contribution in [0.4, 0.5) is 0 Å². The van der Waals surface area contributed by atoms with Gasteiger partial charge in [0.2, 0.25) is 5.79 Å². The summed E-state index contributed by atoms with van der Waals surface area (Å²) in [4.78, 5) is 0. The first-order valence-electron chi connectivity index (χ1n) is 4.90. The van der Waals surface area contributed by atoms with E-state index in [2.05, 4.69) is 0 Å².